The summed E-state index contributed by atoms with van der Waals surface area (Å²) in [7, 11) is 0. The maximum atomic E-state index is 12.0. The number of nitrogens with one attached hydrogen (secondary N) is 1. The van der Waals surface area contributed by atoms with Gasteiger partial charge in [-0.25, -0.2) is 4.79 Å². The topological polar surface area (TPSA) is 41.6 Å². The quantitative estimate of drug-likeness (QED) is 0.927. The van der Waals surface area contributed by atoms with Crippen molar-refractivity contribution in [2.24, 2.45) is 0 Å². The molecule has 4 heteroatoms. The Hall–Kier alpha value is -2.49. The highest BCUT2D eigenvalue weighted by Gasteiger charge is 2.22. The van der Waals surface area contributed by atoms with E-state index in [4.69, 9.17) is 4.74 Å². The first-order valence-corrected chi connectivity index (χ1v) is 6.72. The SMILES string of the molecule is O=C1NCCCN1c1ccccc1Oc1ccccc1. The van der Waals surface area contributed by atoms with Crippen LogP contribution in [-0.4, -0.2) is 19.1 Å². The highest BCUT2D eigenvalue weighted by Crippen LogP contribution is 2.32. The average Bonchev–Trinajstić information content (AvgIpc) is 2.50. The van der Waals surface area contributed by atoms with Crippen LogP contribution in [-0.2, 0) is 0 Å². The second-order valence-corrected chi connectivity index (χ2v) is 4.62. The normalized spacial score (nSPS) is 14.8. The molecule has 2 aromatic carbocycles. The summed E-state index contributed by atoms with van der Waals surface area (Å²) in [4.78, 5) is 13.7. The number of para-hydroxylation sites is 3. The molecule has 0 aliphatic carbocycles. The second-order valence-electron chi connectivity index (χ2n) is 4.62. The average molecular weight is 268 g/mol. The van der Waals surface area contributed by atoms with Crippen molar-refractivity contribution >= 4 is 11.7 Å². The number of anilines is 1. The second kappa shape index (κ2) is 5.65. The number of nitrogens with zero attached hydrogens (tertiary/aromatic N) is 1. The van der Waals surface area contributed by atoms with Crippen LogP contribution in [0.5, 0.6) is 11.5 Å². The molecule has 1 saturated heterocycles. The Labute approximate surface area is 118 Å². The Balaban J connectivity index is 1.90. The molecule has 0 spiro atoms. The van der Waals surface area contributed by atoms with Crippen LogP contribution in [0.3, 0.4) is 0 Å². The number of ether oxygens (including phenoxy) is 1. The number of urea groups is 1. The zero-order valence-electron chi connectivity index (χ0n) is 11.1. The molecule has 102 valence electrons. The summed E-state index contributed by atoms with van der Waals surface area (Å²) < 4.78 is 5.89. The minimum atomic E-state index is -0.0691. The maximum absolute atomic E-state index is 12.0. The van der Waals surface area contributed by atoms with Gasteiger partial charge in [0.15, 0.2) is 5.75 Å². The molecule has 0 bridgehead atoms. The molecule has 1 fully saturated rings. The monoisotopic (exact) mass is 268 g/mol. The van der Waals surface area contributed by atoms with Crippen molar-refractivity contribution in [3.05, 3.63) is 54.6 Å². The zero-order chi connectivity index (χ0) is 13.8. The summed E-state index contributed by atoms with van der Waals surface area (Å²) in [5, 5.41) is 2.85. The smallest absolute Gasteiger partial charge is 0.321 e. The molecular formula is C16H16N2O2. The largest absolute Gasteiger partial charge is 0.455 e. The van der Waals surface area contributed by atoms with Gasteiger partial charge in [-0.3, -0.25) is 4.90 Å². The van der Waals surface area contributed by atoms with Crippen LogP contribution in [0.15, 0.2) is 54.6 Å². The number of rotatable bonds is 3. The van der Waals surface area contributed by atoms with Gasteiger partial charge in [0.05, 0.1) is 5.69 Å². The summed E-state index contributed by atoms with van der Waals surface area (Å²) in [6.45, 7) is 1.44. The number of hydrogen-bond acceptors (Lipinski definition) is 2. The summed E-state index contributed by atoms with van der Waals surface area (Å²) in [5.41, 5.74) is 0.800. The van der Waals surface area contributed by atoms with E-state index in [1.807, 2.05) is 54.6 Å². The molecule has 0 atom stereocenters. The van der Waals surface area contributed by atoms with Gasteiger partial charge < -0.3 is 10.1 Å². The van der Waals surface area contributed by atoms with Gasteiger partial charge in [0, 0.05) is 13.1 Å². The van der Waals surface area contributed by atoms with Crippen molar-refractivity contribution in [3.8, 4) is 11.5 Å². The van der Waals surface area contributed by atoms with Gasteiger partial charge in [-0.15, -0.1) is 0 Å². The van der Waals surface area contributed by atoms with Gasteiger partial charge in [-0.1, -0.05) is 30.3 Å². The highest BCUT2D eigenvalue weighted by molar-refractivity contribution is 5.94. The molecular weight excluding hydrogens is 252 g/mol. The van der Waals surface area contributed by atoms with Gasteiger partial charge in [-0.05, 0) is 30.7 Å². The molecule has 4 nitrogen and oxygen atoms in total. The summed E-state index contributed by atoms with van der Waals surface area (Å²) in [6.07, 6.45) is 0.936. The molecule has 1 aliphatic rings. The van der Waals surface area contributed by atoms with E-state index in [9.17, 15) is 4.79 Å². The minimum Gasteiger partial charge on any atom is -0.455 e. The zero-order valence-corrected chi connectivity index (χ0v) is 11.1. The van der Waals surface area contributed by atoms with E-state index in [2.05, 4.69) is 5.32 Å². The van der Waals surface area contributed by atoms with Crippen LogP contribution in [0.2, 0.25) is 0 Å². The summed E-state index contributed by atoms with van der Waals surface area (Å²) in [6, 6.07) is 17.1. The van der Waals surface area contributed by atoms with Crippen molar-refractivity contribution in [1.82, 2.24) is 5.32 Å². The van der Waals surface area contributed by atoms with E-state index in [0.29, 0.717) is 12.3 Å². The van der Waals surface area contributed by atoms with Gasteiger partial charge in [0.1, 0.15) is 5.75 Å². The molecule has 1 heterocycles. The molecule has 2 amide bonds. The van der Waals surface area contributed by atoms with Crippen molar-refractivity contribution in [2.75, 3.05) is 18.0 Å². The first kappa shape index (κ1) is 12.5. The first-order chi connectivity index (χ1) is 9.84. The number of amides is 2. The Bertz CT molecular complexity index is 598. The Morgan fingerprint density at radius 3 is 2.55 bits per heavy atom. The fraction of sp³-hybridized carbons (Fsp3) is 0.188. The molecule has 2 aromatic rings. The van der Waals surface area contributed by atoms with Crippen LogP contribution in [0, 0.1) is 0 Å². The highest BCUT2D eigenvalue weighted by atomic mass is 16.5. The van der Waals surface area contributed by atoms with Crippen LogP contribution in [0.25, 0.3) is 0 Å². The van der Waals surface area contributed by atoms with E-state index in [1.54, 1.807) is 4.90 Å². The predicted octanol–water partition coefficient (Wildman–Crippen LogP) is 3.40. The van der Waals surface area contributed by atoms with Crippen molar-refractivity contribution < 1.29 is 9.53 Å². The van der Waals surface area contributed by atoms with Crippen molar-refractivity contribution in [1.29, 1.82) is 0 Å². The van der Waals surface area contributed by atoms with Crippen LogP contribution >= 0.6 is 0 Å². The van der Waals surface area contributed by atoms with E-state index in [0.717, 1.165) is 24.4 Å². The third kappa shape index (κ3) is 2.59. The molecule has 1 aliphatic heterocycles. The fourth-order valence-corrected chi connectivity index (χ4v) is 2.24. The third-order valence-electron chi connectivity index (χ3n) is 3.21. The van der Waals surface area contributed by atoms with Crippen molar-refractivity contribution in [3.63, 3.8) is 0 Å². The van der Waals surface area contributed by atoms with Crippen LogP contribution in [0.4, 0.5) is 10.5 Å². The summed E-state index contributed by atoms with van der Waals surface area (Å²) in [5.74, 6) is 1.45. The van der Waals surface area contributed by atoms with Crippen LogP contribution < -0.4 is 15.0 Å². The van der Waals surface area contributed by atoms with E-state index >= 15 is 0 Å². The Morgan fingerprint density at radius 1 is 1.00 bits per heavy atom. The number of benzene rings is 2. The molecule has 1 N–H and O–H groups in total. The Kier molecular flexibility index (Phi) is 3.54. The van der Waals surface area contributed by atoms with Gasteiger partial charge in [0.2, 0.25) is 0 Å². The lowest BCUT2D eigenvalue weighted by Crippen LogP contribution is -2.46. The molecule has 0 saturated carbocycles. The number of carbonyl (C=O) groups is 1. The minimum absolute atomic E-state index is 0.0691. The predicted molar refractivity (Wildman–Crippen MR) is 78.3 cm³/mol. The molecule has 0 unspecified atom stereocenters. The molecule has 20 heavy (non-hydrogen) atoms. The number of carbonyl (C=O) groups excluding carboxylic acids is 1. The van der Waals surface area contributed by atoms with E-state index in [1.165, 1.54) is 0 Å². The first-order valence-electron chi connectivity index (χ1n) is 6.72. The lowest BCUT2D eigenvalue weighted by molar-refractivity contribution is 0.242. The lowest BCUT2D eigenvalue weighted by Gasteiger charge is -2.28. The molecule has 3 rings (SSSR count). The standard InChI is InChI=1S/C16H16N2O2/c19-16-17-11-6-12-18(16)14-9-4-5-10-15(14)20-13-7-2-1-3-8-13/h1-5,7-10H,6,11-12H2,(H,17,19). The summed E-state index contributed by atoms with van der Waals surface area (Å²) >= 11 is 0. The third-order valence-corrected chi connectivity index (χ3v) is 3.21. The molecule has 0 aromatic heterocycles. The van der Waals surface area contributed by atoms with Gasteiger partial charge >= 0.3 is 6.03 Å². The lowest BCUT2D eigenvalue weighted by atomic mass is 10.2. The number of hydrogen-bond donors (Lipinski definition) is 1. The van der Waals surface area contributed by atoms with Crippen LogP contribution in [0.1, 0.15) is 6.42 Å². The van der Waals surface area contributed by atoms with E-state index in [-0.39, 0.29) is 6.03 Å². The maximum Gasteiger partial charge on any atom is 0.321 e. The van der Waals surface area contributed by atoms with E-state index < -0.39 is 0 Å². The molecule has 0 radical (unpaired) electrons. The fourth-order valence-electron chi connectivity index (χ4n) is 2.24. The van der Waals surface area contributed by atoms with Gasteiger partial charge in [-0.2, -0.15) is 0 Å². The Morgan fingerprint density at radius 2 is 1.75 bits per heavy atom. The van der Waals surface area contributed by atoms with Crippen molar-refractivity contribution in [2.45, 2.75) is 6.42 Å². The van der Waals surface area contributed by atoms with Gasteiger partial charge in [0.25, 0.3) is 0 Å².